The Balaban J connectivity index is 1.85. The highest BCUT2D eigenvalue weighted by Gasteiger charge is 2.03. The molecule has 0 bridgehead atoms. The van der Waals surface area contributed by atoms with Gasteiger partial charge in [-0.05, 0) is 26.7 Å². The van der Waals surface area contributed by atoms with Crippen LogP contribution in [0.15, 0.2) is 6.20 Å². The fourth-order valence-corrected chi connectivity index (χ4v) is 2.83. The zero-order chi connectivity index (χ0) is 16.0. The number of hydrogen-bond acceptors (Lipinski definition) is 2. The number of unbranched alkanes of at least 4 members (excludes halogenated alkanes) is 11. The van der Waals surface area contributed by atoms with Gasteiger partial charge in [-0.1, -0.05) is 82.8 Å². The maximum atomic E-state index is 4.24. The molecule has 22 heavy (non-hydrogen) atoms. The van der Waals surface area contributed by atoms with Crippen LogP contribution in [0.3, 0.4) is 0 Å². The highest BCUT2D eigenvalue weighted by molar-refractivity contribution is 4.92. The lowest BCUT2D eigenvalue weighted by molar-refractivity contribution is 0.514. The Morgan fingerprint density at radius 3 is 1.77 bits per heavy atom. The third kappa shape index (κ3) is 9.22. The summed E-state index contributed by atoms with van der Waals surface area (Å²) in [7, 11) is 0. The van der Waals surface area contributed by atoms with Crippen molar-refractivity contribution in [1.29, 1.82) is 0 Å². The van der Waals surface area contributed by atoms with Crippen molar-refractivity contribution in [2.24, 2.45) is 0 Å². The van der Waals surface area contributed by atoms with E-state index in [-0.39, 0.29) is 0 Å². The monoisotopic (exact) mass is 307 g/mol. The molecule has 1 heterocycles. The van der Waals surface area contributed by atoms with Gasteiger partial charge < -0.3 is 0 Å². The molecule has 0 saturated heterocycles. The molecule has 0 N–H and O–H groups in total. The third-order valence-electron chi connectivity index (χ3n) is 4.37. The van der Waals surface area contributed by atoms with Crippen molar-refractivity contribution in [1.82, 2.24) is 15.0 Å². The first-order valence-corrected chi connectivity index (χ1v) is 9.64. The van der Waals surface area contributed by atoms with Crippen LogP contribution in [0.25, 0.3) is 0 Å². The van der Waals surface area contributed by atoms with Gasteiger partial charge in [0.1, 0.15) is 0 Å². The van der Waals surface area contributed by atoms with Gasteiger partial charge in [0.25, 0.3) is 0 Å². The molecular weight excluding hydrogens is 270 g/mol. The lowest BCUT2D eigenvalue weighted by Gasteiger charge is -2.02. The second-order valence-corrected chi connectivity index (χ2v) is 6.92. The fourth-order valence-electron chi connectivity index (χ4n) is 2.83. The van der Waals surface area contributed by atoms with E-state index < -0.39 is 0 Å². The lowest BCUT2D eigenvalue weighted by atomic mass is 10.0. The summed E-state index contributed by atoms with van der Waals surface area (Å²) in [4.78, 5) is 0. The van der Waals surface area contributed by atoms with E-state index in [2.05, 4.69) is 37.3 Å². The topological polar surface area (TPSA) is 30.7 Å². The Morgan fingerprint density at radius 2 is 1.32 bits per heavy atom. The zero-order valence-electron chi connectivity index (χ0n) is 15.2. The van der Waals surface area contributed by atoms with Crippen molar-refractivity contribution in [3.8, 4) is 0 Å². The van der Waals surface area contributed by atoms with E-state index in [9.17, 15) is 0 Å². The number of nitrogens with zero attached hydrogens (tertiary/aromatic N) is 3. The van der Waals surface area contributed by atoms with Gasteiger partial charge in [0.2, 0.25) is 0 Å². The summed E-state index contributed by atoms with van der Waals surface area (Å²) in [5, 5.41) is 8.40. The first kappa shape index (κ1) is 19.2. The van der Waals surface area contributed by atoms with Crippen LogP contribution in [0.5, 0.6) is 0 Å². The SMILES string of the molecule is CCCCCCCCCCCCCCc1cn(C(C)C)nn1. The summed E-state index contributed by atoms with van der Waals surface area (Å²) in [5.41, 5.74) is 1.15. The summed E-state index contributed by atoms with van der Waals surface area (Å²) in [6, 6.07) is 0.420. The van der Waals surface area contributed by atoms with E-state index in [4.69, 9.17) is 0 Å². The first-order chi connectivity index (χ1) is 10.7. The van der Waals surface area contributed by atoms with E-state index in [0.29, 0.717) is 6.04 Å². The van der Waals surface area contributed by atoms with Gasteiger partial charge in [0.15, 0.2) is 0 Å². The molecule has 0 unspecified atom stereocenters. The highest BCUT2D eigenvalue weighted by Crippen LogP contribution is 2.13. The number of aromatic nitrogens is 3. The number of aryl methyl sites for hydroxylation is 1. The van der Waals surface area contributed by atoms with Crippen LogP contribution in [-0.2, 0) is 6.42 Å². The third-order valence-corrected chi connectivity index (χ3v) is 4.37. The molecule has 0 fully saturated rings. The fraction of sp³-hybridized carbons (Fsp3) is 0.895. The average Bonchev–Trinajstić information content (AvgIpc) is 2.97. The van der Waals surface area contributed by atoms with Gasteiger partial charge >= 0.3 is 0 Å². The first-order valence-electron chi connectivity index (χ1n) is 9.64. The van der Waals surface area contributed by atoms with Gasteiger partial charge in [-0.25, -0.2) is 4.68 Å². The molecule has 0 aromatic carbocycles. The van der Waals surface area contributed by atoms with E-state index in [1.807, 2.05) is 4.68 Å². The van der Waals surface area contributed by atoms with Gasteiger partial charge in [-0.2, -0.15) is 0 Å². The Hall–Kier alpha value is -0.860. The van der Waals surface area contributed by atoms with Crippen LogP contribution in [0.1, 0.15) is 110 Å². The maximum absolute atomic E-state index is 4.24. The normalized spacial score (nSPS) is 11.5. The molecule has 0 amide bonds. The molecule has 0 saturated carbocycles. The standard InChI is InChI=1S/C19H37N3/c1-4-5-6-7-8-9-10-11-12-13-14-15-16-19-17-22(18(2)3)21-20-19/h17-18H,4-16H2,1-3H3. The Kier molecular flexibility index (Phi) is 11.0. The second-order valence-electron chi connectivity index (χ2n) is 6.92. The minimum absolute atomic E-state index is 0.420. The molecule has 0 aliphatic heterocycles. The molecule has 128 valence electrons. The summed E-state index contributed by atoms with van der Waals surface area (Å²) in [6.07, 6.45) is 20.0. The molecule has 0 aliphatic rings. The summed E-state index contributed by atoms with van der Waals surface area (Å²) in [6.45, 7) is 6.57. The second kappa shape index (κ2) is 12.7. The molecule has 0 spiro atoms. The predicted octanol–water partition coefficient (Wildman–Crippen LogP) is 6.10. The largest absolute Gasteiger partial charge is 0.250 e. The van der Waals surface area contributed by atoms with Gasteiger partial charge in [-0.15, -0.1) is 5.10 Å². The van der Waals surface area contributed by atoms with Crippen molar-refractivity contribution >= 4 is 0 Å². The molecule has 0 aliphatic carbocycles. The van der Waals surface area contributed by atoms with Crippen molar-refractivity contribution in [2.75, 3.05) is 0 Å². The summed E-state index contributed by atoms with van der Waals surface area (Å²) >= 11 is 0. The average molecular weight is 308 g/mol. The van der Waals surface area contributed by atoms with E-state index in [1.54, 1.807) is 0 Å². The molecule has 0 radical (unpaired) electrons. The van der Waals surface area contributed by atoms with E-state index in [0.717, 1.165) is 12.1 Å². The van der Waals surface area contributed by atoms with Gasteiger partial charge in [0, 0.05) is 12.2 Å². The predicted molar refractivity (Wildman–Crippen MR) is 95.2 cm³/mol. The minimum atomic E-state index is 0.420. The van der Waals surface area contributed by atoms with E-state index in [1.165, 1.54) is 77.0 Å². The Labute approximate surface area is 137 Å². The van der Waals surface area contributed by atoms with E-state index >= 15 is 0 Å². The highest BCUT2D eigenvalue weighted by atomic mass is 15.4. The van der Waals surface area contributed by atoms with Gasteiger partial charge in [0.05, 0.1) is 5.69 Å². The van der Waals surface area contributed by atoms with Crippen molar-refractivity contribution in [2.45, 2.75) is 110 Å². The molecule has 1 rings (SSSR count). The lowest BCUT2D eigenvalue weighted by Crippen LogP contribution is -2.00. The van der Waals surface area contributed by atoms with Crippen LogP contribution in [0.4, 0.5) is 0 Å². The number of hydrogen-bond donors (Lipinski definition) is 0. The minimum Gasteiger partial charge on any atom is -0.250 e. The smallest absolute Gasteiger partial charge is 0.0827 e. The van der Waals surface area contributed by atoms with Crippen molar-refractivity contribution in [3.63, 3.8) is 0 Å². The summed E-state index contributed by atoms with van der Waals surface area (Å²) in [5.74, 6) is 0. The maximum Gasteiger partial charge on any atom is 0.0827 e. The zero-order valence-corrected chi connectivity index (χ0v) is 15.2. The Morgan fingerprint density at radius 1 is 0.818 bits per heavy atom. The molecule has 0 atom stereocenters. The molecule has 3 heteroatoms. The molecule has 1 aromatic heterocycles. The van der Waals surface area contributed by atoms with Crippen molar-refractivity contribution in [3.05, 3.63) is 11.9 Å². The number of rotatable bonds is 14. The Bertz CT molecular complexity index is 357. The van der Waals surface area contributed by atoms with Crippen LogP contribution in [-0.4, -0.2) is 15.0 Å². The van der Waals surface area contributed by atoms with Crippen LogP contribution in [0.2, 0.25) is 0 Å². The van der Waals surface area contributed by atoms with Crippen LogP contribution < -0.4 is 0 Å². The molecule has 3 nitrogen and oxygen atoms in total. The van der Waals surface area contributed by atoms with Gasteiger partial charge in [-0.3, -0.25) is 0 Å². The summed E-state index contributed by atoms with van der Waals surface area (Å²) < 4.78 is 1.95. The quantitative estimate of drug-likeness (QED) is 0.389. The molecule has 1 aromatic rings. The van der Waals surface area contributed by atoms with Crippen molar-refractivity contribution < 1.29 is 0 Å². The van der Waals surface area contributed by atoms with Crippen LogP contribution >= 0.6 is 0 Å². The van der Waals surface area contributed by atoms with Crippen LogP contribution in [0, 0.1) is 0 Å². The molecular formula is C19H37N3.